The van der Waals surface area contributed by atoms with Crippen LogP contribution in [0, 0.1) is 11.8 Å². The predicted molar refractivity (Wildman–Crippen MR) is 101 cm³/mol. The Morgan fingerprint density at radius 1 is 1.21 bits per heavy atom. The molecule has 3 nitrogen and oxygen atoms in total. The van der Waals surface area contributed by atoms with Crippen molar-refractivity contribution >= 4 is 49.8 Å². The van der Waals surface area contributed by atoms with Crippen LogP contribution in [0.4, 0.5) is 0 Å². The normalized spacial score (nSPS) is 21.5. The molecule has 1 aliphatic rings. The van der Waals surface area contributed by atoms with E-state index in [2.05, 4.69) is 18.8 Å². The second-order valence-electron chi connectivity index (χ2n) is 6.93. The van der Waals surface area contributed by atoms with Crippen LogP contribution in [0.25, 0.3) is 21.0 Å². The summed E-state index contributed by atoms with van der Waals surface area (Å²) in [5.74, 6) is 1.23. The van der Waals surface area contributed by atoms with E-state index in [1.54, 1.807) is 0 Å². The summed E-state index contributed by atoms with van der Waals surface area (Å²) in [6, 6.07) is 9.85. The topological polar surface area (TPSA) is 33.2 Å². The van der Waals surface area contributed by atoms with E-state index in [1.165, 1.54) is 17.8 Å². The van der Waals surface area contributed by atoms with Crippen LogP contribution >= 0.6 is 22.9 Å². The van der Waals surface area contributed by atoms with E-state index in [1.807, 2.05) is 35.2 Å². The van der Waals surface area contributed by atoms with Gasteiger partial charge in [0, 0.05) is 28.6 Å². The minimum absolute atomic E-state index is 0.120. The van der Waals surface area contributed by atoms with Crippen LogP contribution in [-0.4, -0.2) is 28.9 Å². The molecular formula is C19H19ClN2OS. The fraction of sp³-hybridized carbons (Fsp3) is 0.368. The van der Waals surface area contributed by atoms with Crippen molar-refractivity contribution in [2.24, 2.45) is 11.8 Å². The molecule has 2 aromatic heterocycles. The first-order valence-corrected chi connectivity index (χ1v) is 9.49. The lowest BCUT2D eigenvalue weighted by Gasteiger charge is -2.34. The average molecular weight is 359 g/mol. The molecule has 0 bridgehead atoms. The monoisotopic (exact) mass is 358 g/mol. The summed E-state index contributed by atoms with van der Waals surface area (Å²) in [6.45, 7) is 6.11. The Labute approximate surface area is 150 Å². The van der Waals surface area contributed by atoms with Crippen LogP contribution in [0.5, 0.6) is 0 Å². The van der Waals surface area contributed by atoms with Crippen molar-refractivity contribution in [1.29, 1.82) is 0 Å². The Hall–Kier alpha value is -1.65. The number of nitrogens with zero attached hydrogens (tertiary/aromatic N) is 2. The zero-order valence-electron chi connectivity index (χ0n) is 13.8. The number of halogens is 1. The van der Waals surface area contributed by atoms with E-state index in [-0.39, 0.29) is 5.91 Å². The van der Waals surface area contributed by atoms with Crippen molar-refractivity contribution in [3.05, 3.63) is 40.4 Å². The number of hydrogen-bond acceptors (Lipinski definition) is 3. The number of carbonyl (C=O) groups excluding carboxylic acids is 1. The van der Waals surface area contributed by atoms with Crippen LogP contribution in [0.15, 0.2) is 30.3 Å². The van der Waals surface area contributed by atoms with E-state index in [9.17, 15) is 4.79 Å². The molecule has 24 heavy (non-hydrogen) atoms. The minimum atomic E-state index is 0.120. The zero-order valence-corrected chi connectivity index (χ0v) is 15.3. The summed E-state index contributed by atoms with van der Waals surface area (Å²) in [7, 11) is 0. The van der Waals surface area contributed by atoms with Crippen molar-refractivity contribution in [3.8, 4) is 0 Å². The Balaban J connectivity index is 1.79. The molecule has 1 aromatic carbocycles. The highest BCUT2D eigenvalue weighted by atomic mass is 35.5. The maximum absolute atomic E-state index is 13.0. The number of pyridine rings is 1. The molecule has 0 unspecified atom stereocenters. The van der Waals surface area contributed by atoms with Gasteiger partial charge in [0.15, 0.2) is 0 Å². The number of hydrogen-bond donors (Lipinski definition) is 0. The summed E-state index contributed by atoms with van der Waals surface area (Å²) in [5, 5.41) is 2.41. The fourth-order valence-corrected chi connectivity index (χ4v) is 5.22. The van der Waals surface area contributed by atoms with Crippen LogP contribution in [0.3, 0.4) is 0 Å². The molecule has 0 spiro atoms. The lowest BCUT2D eigenvalue weighted by atomic mass is 9.92. The summed E-state index contributed by atoms with van der Waals surface area (Å²) >= 11 is 7.89. The van der Waals surface area contributed by atoms with E-state index < -0.39 is 0 Å². The van der Waals surface area contributed by atoms with Gasteiger partial charge in [0.1, 0.15) is 5.15 Å². The first-order chi connectivity index (χ1) is 11.5. The van der Waals surface area contributed by atoms with E-state index in [0.717, 1.165) is 39.0 Å². The molecule has 1 aliphatic heterocycles. The Morgan fingerprint density at radius 2 is 1.92 bits per heavy atom. The number of aromatic nitrogens is 1. The predicted octanol–water partition coefficient (Wildman–Crippen LogP) is 5.22. The second-order valence-corrected chi connectivity index (χ2v) is 8.34. The molecule has 5 heteroatoms. The number of likely N-dealkylation sites (tertiary alicyclic amines) is 1. The van der Waals surface area contributed by atoms with Gasteiger partial charge in [-0.25, -0.2) is 4.98 Å². The fourth-order valence-electron chi connectivity index (χ4n) is 3.76. The van der Waals surface area contributed by atoms with Crippen LogP contribution < -0.4 is 0 Å². The van der Waals surface area contributed by atoms with Gasteiger partial charge in [-0.05, 0) is 30.4 Å². The van der Waals surface area contributed by atoms with Gasteiger partial charge in [-0.3, -0.25) is 4.79 Å². The molecule has 0 aliphatic carbocycles. The molecule has 2 atom stereocenters. The number of para-hydroxylation sites is 1. The number of benzene rings is 1. The van der Waals surface area contributed by atoms with Gasteiger partial charge in [0.25, 0.3) is 5.91 Å². The van der Waals surface area contributed by atoms with Gasteiger partial charge in [0.05, 0.1) is 10.4 Å². The largest absolute Gasteiger partial charge is 0.337 e. The van der Waals surface area contributed by atoms with Crippen molar-refractivity contribution < 1.29 is 4.79 Å². The van der Waals surface area contributed by atoms with Crippen LogP contribution in [-0.2, 0) is 0 Å². The number of amides is 1. The quantitative estimate of drug-likeness (QED) is 0.558. The highest BCUT2D eigenvalue weighted by Gasteiger charge is 2.27. The molecule has 4 rings (SSSR count). The number of fused-ring (bicyclic) bond motifs is 3. The SMILES string of the molecule is C[C@@H]1C[C@@H](C)CN(C(=O)c2cc3c(Cl)nc4ccccc4c3s2)C1. The lowest BCUT2D eigenvalue weighted by molar-refractivity contribution is 0.0628. The van der Waals surface area contributed by atoms with Gasteiger partial charge in [-0.1, -0.05) is 43.6 Å². The third kappa shape index (κ3) is 2.68. The molecule has 1 amide bonds. The zero-order chi connectivity index (χ0) is 16.8. The number of thiophene rings is 1. The minimum Gasteiger partial charge on any atom is -0.337 e. The summed E-state index contributed by atoms with van der Waals surface area (Å²) in [6.07, 6.45) is 1.19. The third-order valence-corrected chi connectivity index (χ3v) is 6.13. The Kier molecular flexibility index (Phi) is 3.97. The number of piperidine rings is 1. The highest BCUT2D eigenvalue weighted by molar-refractivity contribution is 7.21. The van der Waals surface area contributed by atoms with Crippen molar-refractivity contribution in [3.63, 3.8) is 0 Å². The standard InChI is InChI=1S/C19H19ClN2OS/c1-11-7-12(2)10-22(9-11)19(23)16-8-14-17(24-16)13-5-3-4-6-15(13)21-18(14)20/h3-6,8,11-12H,7,9-10H2,1-2H3/t11-,12-/m1/s1. The number of carbonyl (C=O) groups is 1. The molecule has 124 valence electrons. The maximum atomic E-state index is 13.0. The molecule has 0 radical (unpaired) electrons. The molecule has 1 saturated heterocycles. The van der Waals surface area contributed by atoms with Gasteiger partial charge in [-0.2, -0.15) is 0 Å². The molecule has 3 heterocycles. The molecule has 1 fully saturated rings. The molecular weight excluding hydrogens is 340 g/mol. The maximum Gasteiger partial charge on any atom is 0.263 e. The summed E-state index contributed by atoms with van der Waals surface area (Å²) < 4.78 is 1.05. The summed E-state index contributed by atoms with van der Waals surface area (Å²) in [4.78, 5) is 20.2. The lowest BCUT2D eigenvalue weighted by Crippen LogP contribution is -2.42. The third-order valence-electron chi connectivity index (χ3n) is 4.69. The van der Waals surface area contributed by atoms with Crippen LogP contribution in [0.2, 0.25) is 5.15 Å². The first kappa shape index (κ1) is 15.9. The van der Waals surface area contributed by atoms with Gasteiger partial charge in [0.2, 0.25) is 0 Å². The second kappa shape index (κ2) is 6.01. The van der Waals surface area contributed by atoms with Crippen molar-refractivity contribution in [1.82, 2.24) is 9.88 Å². The van der Waals surface area contributed by atoms with E-state index in [0.29, 0.717) is 17.0 Å². The average Bonchev–Trinajstić information content (AvgIpc) is 2.99. The summed E-state index contributed by atoms with van der Waals surface area (Å²) in [5.41, 5.74) is 0.871. The molecule has 3 aromatic rings. The van der Waals surface area contributed by atoms with Gasteiger partial charge in [-0.15, -0.1) is 11.3 Å². The van der Waals surface area contributed by atoms with E-state index in [4.69, 9.17) is 11.6 Å². The first-order valence-electron chi connectivity index (χ1n) is 8.30. The number of rotatable bonds is 1. The van der Waals surface area contributed by atoms with Crippen molar-refractivity contribution in [2.75, 3.05) is 13.1 Å². The van der Waals surface area contributed by atoms with E-state index >= 15 is 0 Å². The van der Waals surface area contributed by atoms with Gasteiger partial charge < -0.3 is 4.90 Å². The van der Waals surface area contributed by atoms with Crippen molar-refractivity contribution in [2.45, 2.75) is 20.3 Å². The molecule has 0 saturated carbocycles. The van der Waals surface area contributed by atoms with Gasteiger partial charge >= 0.3 is 0 Å². The molecule has 0 N–H and O–H groups in total. The Bertz CT molecular complexity index is 926. The highest BCUT2D eigenvalue weighted by Crippen LogP contribution is 2.36. The Morgan fingerprint density at radius 3 is 2.67 bits per heavy atom. The van der Waals surface area contributed by atoms with Crippen LogP contribution in [0.1, 0.15) is 29.9 Å². The smallest absolute Gasteiger partial charge is 0.263 e.